The number of likely N-dealkylation sites (N-methyl/N-ethyl adjacent to an activating group) is 1. The van der Waals surface area contributed by atoms with Crippen molar-refractivity contribution in [2.24, 2.45) is 0 Å². The fourth-order valence-corrected chi connectivity index (χ4v) is 2.06. The second-order valence-electron chi connectivity index (χ2n) is 5.34. The van der Waals surface area contributed by atoms with Crippen LogP contribution < -0.4 is 4.74 Å². The van der Waals surface area contributed by atoms with Crippen LogP contribution in [0.5, 0.6) is 5.75 Å². The van der Waals surface area contributed by atoms with Gasteiger partial charge in [0.25, 0.3) is 5.91 Å². The maximum absolute atomic E-state index is 12.1. The lowest BCUT2D eigenvalue weighted by Crippen LogP contribution is -2.31. The number of hydrogen-bond donors (Lipinski definition) is 1. The summed E-state index contributed by atoms with van der Waals surface area (Å²) < 4.78 is 5.69. The number of ether oxygens (including phenoxy) is 1. The van der Waals surface area contributed by atoms with Crippen LogP contribution in [-0.4, -0.2) is 34.7 Å². The zero-order valence-corrected chi connectivity index (χ0v) is 12.7. The van der Waals surface area contributed by atoms with E-state index < -0.39 is 0 Å². The number of nitrogens with zero attached hydrogens (tertiary/aromatic N) is 2. The van der Waals surface area contributed by atoms with Gasteiger partial charge in [0.05, 0.1) is 6.20 Å². The number of amides is 1. The average molecular weight is 287 g/mol. The van der Waals surface area contributed by atoms with E-state index in [0.29, 0.717) is 12.5 Å². The first-order chi connectivity index (χ1) is 10.1. The minimum absolute atomic E-state index is 0.0398. The van der Waals surface area contributed by atoms with E-state index in [2.05, 4.69) is 24.0 Å². The first-order valence-electron chi connectivity index (χ1n) is 7.01. The molecule has 0 radical (unpaired) electrons. The monoisotopic (exact) mass is 287 g/mol. The van der Waals surface area contributed by atoms with Gasteiger partial charge in [-0.1, -0.05) is 32.0 Å². The van der Waals surface area contributed by atoms with E-state index in [1.54, 1.807) is 24.3 Å². The van der Waals surface area contributed by atoms with E-state index in [9.17, 15) is 4.79 Å². The van der Waals surface area contributed by atoms with Crippen molar-refractivity contribution < 1.29 is 9.53 Å². The van der Waals surface area contributed by atoms with Gasteiger partial charge in [-0.15, -0.1) is 0 Å². The average Bonchev–Trinajstić information content (AvgIpc) is 2.97. The summed E-state index contributed by atoms with van der Waals surface area (Å²) >= 11 is 0. The molecule has 0 atom stereocenters. The lowest BCUT2D eigenvalue weighted by atomic mass is 10.0. The fourth-order valence-electron chi connectivity index (χ4n) is 2.06. The van der Waals surface area contributed by atoms with E-state index >= 15 is 0 Å². The number of benzene rings is 1. The van der Waals surface area contributed by atoms with E-state index in [4.69, 9.17) is 4.74 Å². The lowest BCUT2D eigenvalue weighted by molar-refractivity contribution is -0.132. The van der Waals surface area contributed by atoms with Crippen LogP contribution in [-0.2, 0) is 11.3 Å². The van der Waals surface area contributed by atoms with Gasteiger partial charge in [0.15, 0.2) is 6.61 Å². The molecule has 0 aliphatic carbocycles. The third-order valence-electron chi connectivity index (χ3n) is 3.29. The van der Waals surface area contributed by atoms with E-state index in [1.165, 1.54) is 0 Å². The Morgan fingerprint density at radius 2 is 2.14 bits per heavy atom. The molecule has 2 rings (SSSR count). The molecule has 1 aromatic heterocycles. The minimum Gasteiger partial charge on any atom is -0.483 e. The Morgan fingerprint density at radius 3 is 2.81 bits per heavy atom. The molecule has 0 spiro atoms. The predicted molar refractivity (Wildman–Crippen MR) is 81.1 cm³/mol. The Kier molecular flexibility index (Phi) is 4.98. The number of nitrogens with one attached hydrogen (secondary N) is 1. The molecule has 5 heteroatoms. The molecule has 21 heavy (non-hydrogen) atoms. The Hall–Kier alpha value is -2.30. The van der Waals surface area contributed by atoms with Crippen LogP contribution in [0.25, 0.3) is 0 Å². The molecule has 0 aliphatic heterocycles. The standard InChI is InChI=1S/C16H21N3O2/c1-12(2)14-6-4-5-7-15(14)21-11-16(20)19(3)10-13-8-17-18-9-13/h4-9,12H,10-11H2,1-3H3,(H,17,18). The molecule has 2 aromatic rings. The number of rotatable bonds is 6. The van der Waals surface area contributed by atoms with E-state index in [1.807, 2.05) is 24.3 Å². The maximum atomic E-state index is 12.1. The van der Waals surface area contributed by atoms with Crippen molar-refractivity contribution in [2.75, 3.05) is 13.7 Å². The Morgan fingerprint density at radius 1 is 1.38 bits per heavy atom. The fraction of sp³-hybridized carbons (Fsp3) is 0.375. The molecule has 0 aliphatic rings. The molecule has 1 amide bonds. The number of hydrogen-bond acceptors (Lipinski definition) is 3. The van der Waals surface area contributed by atoms with E-state index in [0.717, 1.165) is 16.9 Å². The summed E-state index contributed by atoms with van der Waals surface area (Å²) in [6.45, 7) is 4.77. The Labute approximate surface area is 124 Å². The van der Waals surface area contributed by atoms with Crippen LogP contribution in [0.15, 0.2) is 36.7 Å². The molecule has 0 fully saturated rings. The molecule has 5 nitrogen and oxygen atoms in total. The quantitative estimate of drug-likeness (QED) is 0.888. The zero-order chi connectivity index (χ0) is 15.2. The van der Waals surface area contributed by atoms with Crippen LogP contribution in [0.3, 0.4) is 0 Å². The van der Waals surface area contributed by atoms with Crippen molar-refractivity contribution in [3.05, 3.63) is 47.8 Å². The maximum Gasteiger partial charge on any atom is 0.260 e. The number of aromatic nitrogens is 2. The summed E-state index contributed by atoms with van der Waals surface area (Å²) in [5.74, 6) is 1.08. The molecular formula is C16H21N3O2. The third-order valence-corrected chi connectivity index (χ3v) is 3.29. The lowest BCUT2D eigenvalue weighted by Gasteiger charge is -2.18. The van der Waals surface area contributed by atoms with Crippen molar-refractivity contribution in [3.63, 3.8) is 0 Å². The molecular weight excluding hydrogens is 266 g/mol. The van der Waals surface area contributed by atoms with Crippen molar-refractivity contribution in [3.8, 4) is 5.75 Å². The summed E-state index contributed by atoms with van der Waals surface area (Å²) in [4.78, 5) is 13.7. The molecule has 1 aromatic carbocycles. The number of carbonyl (C=O) groups is 1. The minimum atomic E-state index is -0.0604. The molecule has 1 N–H and O–H groups in total. The molecule has 0 saturated heterocycles. The highest BCUT2D eigenvalue weighted by Gasteiger charge is 2.13. The molecule has 0 saturated carbocycles. The third kappa shape index (κ3) is 4.08. The first kappa shape index (κ1) is 15.1. The summed E-state index contributed by atoms with van der Waals surface area (Å²) in [6.07, 6.45) is 3.48. The number of carbonyl (C=O) groups excluding carboxylic acids is 1. The van der Waals surface area contributed by atoms with Gasteiger partial charge >= 0.3 is 0 Å². The van der Waals surface area contributed by atoms with Gasteiger partial charge in [-0.2, -0.15) is 5.10 Å². The van der Waals surface area contributed by atoms with Gasteiger partial charge in [0, 0.05) is 25.4 Å². The molecule has 112 valence electrons. The van der Waals surface area contributed by atoms with Crippen LogP contribution in [0, 0.1) is 0 Å². The van der Waals surface area contributed by atoms with Crippen LogP contribution in [0.4, 0.5) is 0 Å². The largest absolute Gasteiger partial charge is 0.483 e. The summed E-state index contributed by atoms with van der Waals surface area (Å²) in [5.41, 5.74) is 2.08. The number of para-hydroxylation sites is 1. The van der Waals surface area contributed by atoms with Crippen molar-refractivity contribution in [2.45, 2.75) is 26.3 Å². The van der Waals surface area contributed by atoms with Crippen molar-refractivity contribution in [1.29, 1.82) is 0 Å². The van der Waals surface area contributed by atoms with Crippen molar-refractivity contribution >= 4 is 5.91 Å². The second kappa shape index (κ2) is 6.92. The van der Waals surface area contributed by atoms with Gasteiger partial charge in [0.1, 0.15) is 5.75 Å². The molecule has 0 unspecified atom stereocenters. The SMILES string of the molecule is CC(C)c1ccccc1OCC(=O)N(C)Cc1cn[nH]c1. The second-order valence-corrected chi connectivity index (χ2v) is 5.34. The Balaban J connectivity index is 1.92. The van der Waals surface area contributed by atoms with Gasteiger partial charge in [-0.05, 0) is 17.5 Å². The molecule has 0 bridgehead atoms. The normalized spacial score (nSPS) is 10.7. The van der Waals surface area contributed by atoms with Gasteiger partial charge in [-0.25, -0.2) is 0 Å². The van der Waals surface area contributed by atoms with Gasteiger partial charge in [-0.3, -0.25) is 9.89 Å². The predicted octanol–water partition coefficient (Wildman–Crippen LogP) is 2.57. The van der Waals surface area contributed by atoms with Gasteiger partial charge < -0.3 is 9.64 Å². The van der Waals surface area contributed by atoms with Crippen LogP contribution in [0.1, 0.15) is 30.9 Å². The highest BCUT2D eigenvalue weighted by Crippen LogP contribution is 2.25. The van der Waals surface area contributed by atoms with E-state index in [-0.39, 0.29) is 12.5 Å². The number of aromatic amines is 1. The summed E-state index contributed by atoms with van der Waals surface area (Å²) in [7, 11) is 1.76. The molecule has 1 heterocycles. The van der Waals surface area contributed by atoms with Crippen molar-refractivity contribution in [1.82, 2.24) is 15.1 Å². The first-order valence-corrected chi connectivity index (χ1v) is 7.01. The Bertz CT molecular complexity index is 579. The zero-order valence-electron chi connectivity index (χ0n) is 12.7. The highest BCUT2D eigenvalue weighted by atomic mass is 16.5. The summed E-state index contributed by atoms with van der Waals surface area (Å²) in [6, 6.07) is 7.83. The smallest absolute Gasteiger partial charge is 0.260 e. The number of H-pyrrole nitrogens is 1. The summed E-state index contributed by atoms with van der Waals surface area (Å²) in [5, 5.41) is 6.60. The van der Waals surface area contributed by atoms with Crippen LogP contribution >= 0.6 is 0 Å². The highest BCUT2D eigenvalue weighted by molar-refractivity contribution is 5.77. The topological polar surface area (TPSA) is 58.2 Å². The van der Waals surface area contributed by atoms with Crippen LogP contribution in [0.2, 0.25) is 0 Å². The van der Waals surface area contributed by atoms with Gasteiger partial charge in [0.2, 0.25) is 0 Å².